The van der Waals surface area contributed by atoms with Gasteiger partial charge in [-0.05, 0) is 25.5 Å². The Morgan fingerprint density at radius 3 is 2.47 bits per heavy atom. The Balaban J connectivity index is 2.57. The first kappa shape index (κ1) is 13.9. The van der Waals surface area contributed by atoms with Crippen molar-refractivity contribution in [3.8, 4) is 0 Å². The number of aliphatic hydroxyl groups excluding tert-OH is 1. The summed E-state index contributed by atoms with van der Waals surface area (Å²) in [6.07, 6.45) is 3.88. The Morgan fingerprint density at radius 1 is 1.24 bits per heavy atom. The molecule has 0 bridgehead atoms. The number of rotatable bonds is 6. The summed E-state index contributed by atoms with van der Waals surface area (Å²) in [6, 6.07) is 6.70. The van der Waals surface area contributed by atoms with E-state index in [0.29, 0.717) is 13.0 Å². The molecule has 0 atom stereocenters. The van der Waals surface area contributed by atoms with Gasteiger partial charge in [-0.2, -0.15) is 0 Å². The topological polar surface area (TPSA) is 66.4 Å². The van der Waals surface area contributed by atoms with Crippen LogP contribution >= 0.6 is 0 Å². The fourth-order valence-electron chi connectivity index (χ4n) is 1.27. The smallest absolute Gasteiger partial charge is 0.240 e. The molecule has 0 spiro atoms. The van der Waals surface area contributed by atoms with E-state index in [1.54, 1.807) is 36.4 Å². The molecule has 0 aliphatic carbocycles. The molecule has 1 aromatic rings. The summed E-state index contributed by atoms with van der Waals surface area (Å²) in [5.41, 5.74) is 1.02. The number of aryl methyl sites for hydroxylation is 1. The van der Waals surface area contributed by atoms with E-state index in [9.17, 15) is 8.42 Å². The summed E-state index contributed by atoms with van der Waals surface area (Å²) < 4.78 is 26.1. The average molecular weight is 255 g/mol. The zero-order valence-corrected chi connectivity index (χ0v) is 10.6. The van der Waals surface area contributed by atoms with Gasteiger partial charge in [0, 0.05) is 6.54 Å². The van der Waals surface area contributed by atoms with Gasteiger partial charge < -0.3 is 5.11 Å². The van der Waals surface area contributed by atoms with Crippen LogP contribution in [0.3, 0.4) is 0 Å². The second kappa shape index (κ2) is 6.54. The Bertz CT molecular complexity index is 463. The number of hydrogen-bond acceptors (Lipinski definition) is 3. The van der Waals surface area contributed by atoms with Gasteiger partial charge in [0.2, 0.25) is 10.0 Å². The summed E-state index contributed by atoms with van der Waals surface area (Å²) in [5.74, 6) is 0. The van der Waals surface area contributed by atoms with E-state index in [2.05, 4.69) is 4.72 Å². The minimum Gasteiger partial charge on any atom is -0.392 e. The van der Waals surface area contributed by atoms with Crippen LogP contribution in [0.4, 0.5) is 0 Å². The lowest BCUT2D eigenvalue weighted by atomic mass is 10.2. The van der Waals surface area contributed by atoms with Gasteiger partial charge >= 0.3 is 0 Å². The molecular weight excluding hydrogens is 238 g/mol. The predicted octanol–water partition coefficient (Wildman–Crippen LogP) is 1.21. The normalized spacial score (nSPS) is 12.1. The molecule has 0 aliphatic heterocycles. The number of hydrogen-bond donors (Lipinski definition) is 2. The van der Waals surface area contributed by atoms with Gasteiger partial charge in [0.25, 0.3) is 0 Å². The molecule has 0 aromatic heterocycles. The van der Waals surface area contributed by atoms with Crippen LogP contribution in [0.25, 0.3) is 0 Å². The van der Waals surface area contributed by atoms with Gasteiger partial charge in [0.1, 0.15) is 0 Å². The largest absolute Gasteiger partial charge is 0.392 e. The van der Waals surface area contributed by atoms with Crippen molar-refractivity contribution in [1.82, 2.24) is 4.72 Å². The second-order valence-electron chi connectivity index (χ2n) is 3.65. The van der Waals surface area contributed by atoms with E-state index in [4.69, 9.17) is 5.11 Å². The van der Waals surface area contributed by atoms with Gasteiger partial charge in [-0.15, -0.1) is 0 Å². The summed E-state index contributed by atoms with van der Waals surface area (Å²) >= 11 is 0. The molecule has 0 fully saturated rings. The standard InChI is InChI=1S/C12H17NO3S/c1-11-5-7-12(8-6-11)17(15,16)13-9-3-2-4-10-14/h2,4-8,13-14H,3,9-10H2,1H3/b4-2+. The third-order valence-corrected chi connectivity index (χ3v) is 3.68. The lowest BCUT2D eigenvalue weighted by Gasteiger charge is -2.05. The highest BCUT2D eigenvalue weighted by atomic mass is 32.2. The summed E-state index contributed by atoms with van der Waals surface area (Å²) in [6.45, 7) is 2.21. The fraction of sp³-hybridized carbons (Fsp3) is 0.333. The average Bonchev–Trinajstić information content (AvgIpc) is 2.29. The zero-order chi connectivity index (χ0) is 12.7. The van der Waals surface area contributed by atoms with Crippen molar-refractivity contribution in [3.05, 3.63) is 42.0 Å². The quantitative estimate of drug-likeness (QED) is 0.593. The maximum Gasteiger partial charge on any atom is 0.240 e. The SMILES string of the molecule is Cc1ccc(S(=O)(=O)NCC/C=C/CO)cc1. The van der Waals surface area contributed by atoms with Crippen molar-refractivity contribution in [2.45, 2.75) is 18.2 Å². The molecule has 17 heavy (non-hydrogen) atoms. The van der Waals surface area contributed by atoms with Crippen molar-refractivity contribution in [2.24, 2.45) is 0 Å². The first-order valence-electron chi connectivity index (χ1n) is 5.38. The molecule has 0 aliphatic rings. The van der Waals surface area contributed by atoms with Crippen LogP contribution in [0.5, 0.6) is 0 Å². The molecule has 0 saturated carbocycles. The van der Waals surface area contributed by atoms with Gasteiger partial charge in [-0.1, -0.05) is 29.8 Å². The molecule has 0 amide bonds. The first-order valence-corrected chi connectivity index (χ1v) is 6.87. The number of aliphatic hydroxyl groups is 1. The molecule has 4 nitrogen and oxygen atoms in total. The number of sulfonamides is 1. The highest BCUT2D eigenvalue weighted by Gasteiger charge is 2.11. The second-order valence-corrected chi connectivity index (χ2v) is 5.42. The summed E-state index contributed by atoms with van der Waals surface area (Å²) in [7, 11) is -3.41. The Hall–Kier alpha value is -1.17. The first-order chi connectivity index (χ1) is 8.06. The lowest BCUT2D eigenvalue weighted by molar-refractivity contribution is 0.342. The minimum absolute atomic E-state index is 0.0231. The Kier molecular flexibility index (Phi) is 5.34. The van der Waals surface area contributed by atoms with Gasteiger partial charge in [-0.25, -0.2) is 13.1 Å². The van der Waals surface area contributed by atoms with Crippen molar-refractivity contribution in [3.63, 3.8) is 0 Å². The summed E-state index contributed by atoms with van der Waals surface area (Å²) in [5, 5.41) is 8.50. The van der Waals surface area contributed by atoms with Crippen LogP contribution < -0.4 is 4.72 Å². The Labute approximate surface area is 102 Å². The molecule has 0 heterocycles. The molecule has 1 rings (SSSR count). The van der Waals surface area contributed by atoms with Crippen molar-refractivity contribution < 1.29 is 13.5 Å². The third kappa shape index (κ3) is 4.68. The van der Waals surface area contributed by atoms with E-state index >= 15 is 0 Å². The van der Waals surface area contributed by atoms with Crippen LogP contribution in [-0.2, 0) is 10.0 Å². The zero-order valence-electron chi connectivity index (χ0n) is 9.76. The van der Waals surface area contributed by atoms with Crippen LogP contribution in [0.2, 0.25) is 0 Å². The molecule has 5 heteroatoms. The highest BCUT2D eigenvalue weighted by Crippen LogP contribution is 2.09. The molecule has 0 saturated heterocycles. The van der Waals surface area contributed by atoms with Gasteiger partial charge in [0.05, 0.1) is 11.5 Å². The molecule has 94 valence electrons. The van der Waals surface area contributed by atoms with E-state index in [1.165, 1.54) is 0 Å². The van der Waals surface area contributed by atoms with Crippen molar-refractivity contribution in [1.29, 1.82) is 0 Å². The third-order valence-electron chi connectivity index (χ3n) is 2.21. The van der Waals surface area contributed by atoms with Crippen molar-refractivity contribution >= 4 is 10.0 Å². The van der Waals surface area contributed by atoms with Crippen LogP contribution in [0.1, 0.15) is 12.0 Å². The van der Waals surface area contributed by atoms with E-state index in [0.717, 1.165) is 5.56 Å². The number of benzene rings is 1. The lowest BCUT2D eigenvalue weighted by Crippen LogP contribution is -2.24. The molecule has 0 radical (unpaired) electrons. The highest BCUT2D eigenvalue weighted by molar-refractivity contribution is 7.89. The van der Waals surface area contributed by atoms with Crippen LogP contribution in [0, 0.1) is 6.92 Å². The van der Waals surface area contributed by atoms with E-state index in [1.807, 2.05) is 6.92 Å². The van der Waals surface area contributed by atoms with E-state index < -0.39 is 10.0 Å². The molecule has 0 unspecified atom stereocenters. The minimum atomic E-state index is -3.41. The molecule has 2 N–H and O–H groups in total. The van der Waals surface area contributed by atoms with Crippen LogP contribution in [-0.4, -0.2) is 26.7 Å². The Morgan fingerprint density at radius 2 is 1.88 bits per heavy atom. The maximum atomic E-state index is 11.8. The maximum absolute atomic E-state index is 11.8. The van der Waals surface area contributed by atoms with E-state index in [-0.39, 0.29) is 11.5 Å². The van der Waals surface area contributed by atoms with Gasteiger partial charge in [-0.3, -0.25) is 0 Å². The molecule has 1 aromatic carbocycles. The molecular formula is C12H17NO3S. The van der Waals surface area contributed by atoms with Crippen LogP contribution in [0.15, 0.2) is 41.3 Å². The van der Waals surface area contributed by atoms with Gasteiger partial charge in [0.15, 0.2) is 0 Å². The predicted molar refractivity (Wildman–Crippen MR) is 67.2 cm³/mol. The van der Waals surface area contributed by atoms with Crippen molar-refractivity contribution in [2.75, 3.05) is 13.2 Å². The monoisotopic (exact) mass is 255 g/mol. The number of nitrogens with one attached hydrogen (secondary N) is 1. The summed E-state index contributed by atoms with van der Waals surface area (Å²) in [4.78, 5) is 0.272. The fourth-order valence-corrected chi connectivity index (χ4v) is 2.32.